The Hall–Kier alpha value is -2.39. The smallest absolute Gasteiger partial charge is 0.384 e. The normalized spacial score (nSPS) is 10.4. The monoisotopic (exact) mass is 286 g/mol. The number of halogens is 1. The fourth-order valence-corrected chi connectivity index (χ4v) is 1.69. The Morgan fingerprint density at radius 1 is 1.00 bits per heavy atom. The Kier molecular flexibility index (Phi) is 4.69. The Labute approximate surface area is 121 Å². The van der Waals surface area contributed by atoms with Gasteiger partial charge in [-0.3, -0.25) is 4.79 Å². The number of rotatable bonds is 4. The lowest BCUT2D eigenvalue weighted by atomic mass is 10.2. The molecule has 2 aromatic carbocycles. The molecule has 0 bridgehead atoms. The average molecular weight is 287 g/mol. The Morgan fingerprint density at radius 3 is 2.45 bits per heavy atom. The van der Waals surface area contributed by atoms with Gasteiger partial charge in [0.2, 0.25) is 0 Å². The van der Waals surface area contributed by atoms with E-state index in [0.717, 1.165) is 11.6 Å². The number of para-hydroxylation sites is 1. The number of hydrogen-bond acceptors (Lipinski definition) is 3. The highest BCUT2D eigenvalue weighted by molar-refractivity contribution is 6.39. The van der Waals surface area contributed by atoms with Crippen molar-refractivity contribution in [1.82, 2.24) is 0 Å². The van der Waals surface area contributed by atoms with Gasteiger partial charge in [0.15, 0.2) is 0 Å². The molecule has 0 fully saturated rings. The van der Waals surface area contributed by atoms with Crippen LogP contribution in [0.3, 0.4) is 0 Å². The molecule has 0 saturated heterocycles. The first-order valence-corrected chi connectivity index (χ1v) is 6.28. The summed E-state index contributed by atoms with van der Waals surface area (Å²) in [5, 5.41) is 0.562. The Morgan fingerprint density at radius 2 is 1.75 bits per heavy atom. The number of carbonyl (C=O) groups excluding carboxylic acids is 2. The fraction of sp³-hybridized carbons (Fsp3) is 0. The molecule has 0 aromatic heterocycles. The van der Waals surface area contributed by atoms with E-state index in [-0.39, 0.29) is 0 Å². The first-order chi connectivity index (χ1) is 9.65. The maximum atomic E-state index is 11.6. The number of ether oxygens (including phenoxy) is 1. The van der Waals surface area contributed by atoms with Crippen LogP contribution >= 0.6 is 11.6 Å². The summed E-state index contributed by atoms with van der Waals surface area (Å²) >= 11 is 5.82. The highest BCUT2D eigenvalue weighted by atomic mass is 35.5. The maximum absolute atomic E-state index is 11.6. The summed E-state index contributed by atoms with van der Waals surface area (Å²) in [6.45, 7) is 0. The molecule has 3 nitrogen and oxygen atoms in total. The van der Waals surface area contributed by atoms with Crippen molar-refractivity contribution in [3.8, 4) is 5.75 Å². The van der Waals surface area contributed by atoms with Crippen LogP contribution in [0.2, 0.25) is 5.02 Å². The second kappa shape index (κ2) is 6.68. The third kappa shape index (κ3) is 4.07. The number of hydrogen-bond donors (Lipinski definition) is 0. The minimum Gasteiger partial charge on any atom is -0.421 e. The molecule has 0 radical (unpaired) electrons. The minimum absolute atomic E-state index is 0.335. The van der Waals surface area contributed by atoms with E-state index in [1.165, 1.54) is 6.08 Å². The van der Waals surface area contributed by atoms with Crippen molar-refractivity contribution >= 4 is 29.4 Å². The van der Waals surface area contributed by atoms with Gasteiger partial charge in [-0.15, -0.1) is 0 Å². The number of esters is 1. The molecule has 0 N–H and O–H groups in total. The van der Waals surface area contributed by atoms with Gasteiger partial charge in [0.1, 0.15) is 5.75 Å². The van der Waals surface area contributed by atoms with Gasteiger partial charge in [-0.05, 0) is 35.9 Å². The first-order valence-electron chi connectivity index (χ1n) is 5.90. The van der Waals surface area contributed by atoms with Gasteiger partial charge in [0.25, 0.3) is 5.78 Å². The van der Waals surface area contributed by atoms with Gasteiger partial charge < -0.3 is 4.74 Å². The van der Waals surface area contributed by atoms with E-state index in [0.29, 0.717) is 10.8 Å². The van der Waals surface area contributed by atoms with Crippen molar-refractivity contribution in [2.45, 2.75) is 0 Å². The second-order valence-electron chi connectivity index (χ2n) is 3.96. The molecule has 4 heteroatoms. The zero-order valence-corrected chi connectivity index (χ0v) is 11.2. The molecule has 2 rings (SSSR count). The number of carbonyl (C=O) groups is 2. The maximum Gasteiger partial charge on any atom is 0.384 e. The summed E-state index contributed by atoms with van der Waals surface area (Å²) in [5.41, 5.74) is 0.735. The van der Waals surface area contributed by atoms with Crippen LogP contribution < -0.4 is 4.74 Å². The van der Waals surface area contributed by atoms with Crippen molar-refractivity contribution in [2.24, 2.45) is 0 Å². The lowest BCUT2D eigenvalue weighted by Crippen LogP contribution is -2.17. The molecule has 0 spiro atoms. The molecule has 0 atom stereocenters. The minimum atomic E-state index is -0.922. The van der Waals surface area contributed by atoms with E-state index in [1.54, 1.807) is 54.6 Å². The van der Waals surface area contributed by atoms with E-state index >= 15 is 0 Å². The van der Waals surface area contributed by atoms with Crippen molar-refractivity contribution in [3.63, 3.8) is 0 Å². The van der Waals surface area contributed by atoms with Crippen LogP contribution in [0.15, 0.2) is 60.7 Å². The SMILES string of the molecule is O=C(/C=C/c1cccc(Cl)c1)C(=O)Oc1ccccc1. The molecule has 20 heavy (non-hydrogen) atoms. The lowest BCUT2D eigenvalue weighted by molar-refractivity contribution is -0.144. The second-order valence-corrected chi connectivity index (χ2v) is 4.39. The van der Waals surface area contributed by atoms with Crippen molar-refractivity contribution in [3.05, 3.63) is 71.3 Å². The zero-order chi connectivity index (χ0) is 14.4. The summed E-state index contributed by atoms with van der Waals surface area (Å²) in [5.74, 6) is -1.31. The van der Waals surface area contributed by atoms with Gasteiger partial charge in [-0.2, -0.15) is 0 Å². The van der Waals surface area contributed by atoms with Crippen LogP contribution in [0.1, 0.15) is 5.56 Å². The zero-order valence-electron chi connectivity index (χ0n) is 10.5. The third-order valence-corrected chi connectivity index (χ3v) is 2.67. The van der Waals surface area contributed by atoms with Crippen LogP contribution in [0.25, 0.3) is 6.08 Å². The van der Waals surface area contributed by atoms with E-state index in [1.807, 2.05) is 0 Å². The molecule has 100 valence electrons. The van der Waals surface area contributed by atoms with Crippen LogP contribution in [-0.2, 0) is 9.59 Å². The van der Waals surface area contributed by atoms with Gasteiger partial charge in [-0.1, -0.05) is 48.0 Å². The molecule has 0 aliphatic carbocycles. The highest BCUT2D eigenvalue weighted by Crippen LogP contribution is 2.12. The number of ketones is 1. The topological polar surface area (TPSA) is 43.4 Å². The Balaban J connectivity index is 1.99. The van der Waals surface area contributed by atoms with E-state index in [2.05, 4.69) is 0 Å². The van der Waals surface area contributed by atoms with Crippen LogP contribution in [0.5, 0.6) is 5.75 Å². The molecular weight excluding hydrogens is 276 g/mol. The summed E-state index contributed by atoms with van der Waals surface area (Å²) < 4.78 is 4.92. The largest absolute Gasteiger partial charge is 0.421 e. The van der Waals surface area contributed by atoms with Gasteiger partial charge >= 0.3 is 5.97 Å². The predicted molar refractivity (Wildman–Crippen MR) is 77.6 cm³/mol. The third-order valence-electron chi connectivity index (χ3n) is 2.43. The van der Waals surface area contributed by atoms with E-state index < -0.39 is 11.8 Å². The molecule has 0 aliphatic heterocycles. The van der Waals surface area contributed by atoms with Gasteiger partial charge in [0, 0.05) is 5.02 Å². The van der Waals surface area contributed by atoms with Crippen LogP contribution in [-0.4, -0.2) is 11.8 Å². The molecule has 0 amide bonds. The van der Waals surface area contributed by atoms with Crippen molar-refractivity contribution < 1.29 is 14.3 Å². The Bertz CT molecular complexity index is 648. The molecule has 0 unspecified atom stereocenters. The summed E-state index contributed by atoms with van der Waals surface area (Å²) in [4.78, 5) is 23.2. The van der Waals surface area contributed by atoms with E-state index in [4.69, 9.17) is 16.3 Å². The lowest BCUT2D eigenvalue weighted by Gasteiger charge is -2.00. The van der Waals surface area contributed by atoms with Crippen LogP contribution in [0.4, 0.5) is 0 Å². The fourth-order valence-electron chi connectivity index (χ4n) is 1.50. The molecule has 0 heterocycles. The average Bonchev–Trinajstić information content (AvgIpc) is 2.46. The van der Waals surface area contributed by atoms with Crippen molar-refractivity contribution in [2.75, 3.05) is 0 Å². The number of benzene rings is 2. The van der Waals surface area contributed by atoms with Gasteiger partial charge in [-0.25, -0.2) is 4.79 Å². The highest BCUT2D eigenvalue weighted by Gasteiger charge is 2.12. The summed E-state index contributed by atoms with van der Waals surface area (Å²) in [6.07, 6.45) is 2.68. The summed E-state index contributed by atoms with van der Waals surface area (Å²) in [6, 6.07) is 15.4. The first kappa shape index (κ1) is 14.0. The van der Waals surface area contributed by atoms with E-state index in [9.17, 15) is 9.59 Å². The molecule has 0 aliphatic rings. The molecular formula is C16H11ClO3. The predicted octanol–water partition coefficient (Wildman–Crippen LogP) is 3.53. The standard InChI is InChI=1S/C16H11ClO3/c17-13-6-4-5-12(11-13)9-10-15(18)16(19)20-14-7-2-1-3-8-14/h1-11H/b10-9+. The van der Waals surface area contributed by atoms with Crippen molar-refractivity contribution in [1.29, 1.82) is 0 Å². The summed E-state index contributed by atoms with van der Waals surface area (Å²) in [7, 11) is 0. The molecule has 0 saturated carbocycles. The van der Waals surface area contributed by atoms with Crippen LogP contribution in [0, 0.1) is 0 Å². The quantitative estimate of drug-likeness (QED) is 0.374. The van der Waals surface area contributed by atoms with Gasteiger partial charge in [0.05, 0.1) is 0 Å². The molecule has 2 aromatic rings.